The lowest BCUT2D eigenvalue weighted by molar-refractivity contribution is 0.382. The van der Waals surface area contributed by atoms with Crippen molar-refractivity contribution in [3.05, 3.63) is 35.4 Å². The number of hydrogen-bond acceptors (Lipinski definition) is 2. The van der Waals surface area contributed by atoms with Crippen LogP contribution in [0.5, 0.6) is 0 Å². The van der Waals surface area contributed by atoms with Crippen molar-refractivity contribution in [1.29, 1.82) is 0 Å². The topological polar surface area (TPSA) is 15.3 Å². The first-order valence-corrected chi connectivity index (χ1v) is 5.22. The Hall–Kier alpha value is -0.860. The van der Waals surface area contributed by atoms with Crippen molar-refractivity contribution in [2.24, 2.45) is 0 Å². The van der Waals surface area contributed by atoms with Gasteiger partial charge in [0.1, 0.15) is 0 Å². The minimum Gasteiger partial charge on any atom is -0.310 e. The van der Waals surface area contributed by atoms with E-state index in [2.05, 4.69) is 48.6 Å². The summed E-state index contributed by atoms with van der Waals surface area (Å²) >= 11 is 0. The average molecular weight is 190 g/mol. The first-order valence-electron chi connectivity index (χ1n) is 5.22. The third-order valence-corrected chi connectivity index (χ3v) is 2.70. The molecule has 1 N–H and O–H groups in total. The molecule has 14 heavy (non-hydrogen) atoms. The fourth-order valence-electron chi connectivity index (χ4n) is 1.79. The van der Waals surface area contributed by atoms with Crippen LogP contribution in [0.15, 0.2) is 24.3 Å². The van der Waals surface area contributed by atoms with Gasteiger partial charge in [-0.25, -0.2) is 0 Å². The summed E-state index contributed by atoms with van der Waals surface area (Å²) in [7, 11) is 4.20. The molecule has 1 fully saturated rings. The third-order valence-electron chi connectivity index (χ3n) is 2.70. The molecule has 0 amide bonds. The Morgan fingerprint density at radius 3 is 2.36 bits per heavy atom. The Bertz CT molecular complexity index is 286. The van der Waals surface area contributed by atoms with Gasteiger partial charge in [-0.1, -0.05) is 24.3 Å². The van der Waals surface area contributed by atoms with Crippen LogP contribution in [0.2, 0.25) is 0 Å². The molecular weight excluding hydrogens is 172 g/mol. The Morgan fingerprint density at radius 1 is 1.29 bits per heavy atom. The van der Waals surface area contributed by atoms with E-state index >= 15 is 0 Å². The van der Waals surface area contributed by atoms with Crippen LogP contribution in [0.1, 0.15) is 23.6 Å². The lowest BCUT2D eigenvalue weighted by Crippen LogP contribution is -2.34. The van der Waals surface area contributed by atoms with Crippen LogP contribution in [0.25, 0.3) is 0 Å². The number of rotatable bonds is 3. The molecule has 2 heteroatoms. The zero-order chi connectivity index (χ0) is 9.97. The van der Waals surface area contributed by atoms with Crippen LogP contribution in [0.4, 0.5) is 0 Å². The summed E-state index contributed by atoms with van der Waals surface area (Å²) in [5.74, 6) is 0. The van der Waals surface area contributed by atoms with Crippen LogP contribution < -0.4 is 5.32 Å². The van der Waals surface area contributed by atoms with E-state index in [0.29, 0.717) is 6.04 Å². The van der Waals surface area contributed by atoms with Crippen LogP contribution in [0, 0.1) is 0 Å². The van der Waals surface area contributed by atoms with Crippen molar-refractivity contribution in [2.45, 2.75) is 19.0 Å². The van der Waals surface area contributed by atoms with E-state index in [0.717, 1.165) is 6.54 Å². The molecule has 0 saturated carbocycles. The van der Waals surface area contributed by atoms with Gasteiger partial charge in [0, 0.05) is 12.6 Å². The molecule has 0 aromatic heterocycles. The first-order chi connectivity index (χ1) is 6.75. The van der Waals surface area contributed by atoms with E-state index in [1.54, 1.807) is 0 Å². The van der Waals surface area contributed by atoms with E-state index in [1.165, 1.54) is 24.1 Å². The van der Waals surface area contributed by atoms with Gasteiger partial charge in [-0.15, -0.1) is 0 Å². The molecule has 1 heterocycles. The van der Waals surface area contributed by atoms with E-state index < -0.39 is 0 Å². The van der Waals surface area contributed by atoms with Crippen molar-refractivity contribution in [3.8, 4) is 0 Å². The highest BCUT2D eigenvalue weighted by Gasteiger charge is 2.17. The molecule has 1 saturated heterocycles. The highest BCUT2D eigenvalue weighted by molar-refractivity contribution is 5.26. The fourth-order valence-corrected chi connectivity index (χ4v) is 1.79. The molecule has 0 unspecified atom stereocenters. The predicted octanol–water partition coefficient (Wildman–Crippen LogP) is 1.78. The van der Waals surface area contributed by atoms with Crippen LogP contribution >= 0.6 is 0 Å². The molecule has 2 rings (SSSR count). The molecule has 1 aliphatic heterocycles. The molecule has 1 atom stereocenters. The minimum atomic E-state index is 0.614. The fraction of sp³-hybridized carbons (Fsp3) is 0.500. The maximum absolute atomic E-state index is 3.41. The molecule has 2 nitrogen and oxygen atoms in total. The summed E-state index contributed by atoms with van der Waals surface area (Å²) in [6.07, 6.45) is 1.28. The largest absolute Gasteiger partial charge is 0.310 e. The van der Waals surface area contributed by atoms with Crippen LogP contribution in [-0.4, -0.2) is 25.5 Å². The summed E-state index contributed by atoms with van der Waals surface area (Å²) in [5, 5.41) is 3.41. The van der Waals surface area contributed by atoms with Crippen LogP contribution in [-0.2, 0) is 6.54 Å². The van der Waals surface area contributed by atoms with Gasteiger partial charge in [0.15, 0.2) is 0 Å². The van der Waals surface area contributed by atoms with E-state index in [4.69, 9.17) is 0 Å². The van der Waals surface area contributed by atoms with Gasteiger partial charge in [0.2, 0.25) is 0 Å². The maximum Gasteiger partial charge on any atom is 0.0332 e. The van der Waals surface area contributed by atoms with E-state index in [9.17, 15) is 0 Å². The Kier molecular flexibility index (Phi) is 2.85. The lowest BCUT2D eigenvalue weighted by atomic mass is 9.97. The molecule has 0 spiro atoms. The van der Waals surface area contributed by atoms with Gasteiger partial charge < -0.3 is 10.2 Å². The number of nitrogens with one attached hydrogen (secondary N) is 1. The predicted molar refractivity (Wildman–Crippen MR) is 59.2 cm³/mol. The standard InChI is InChI=1S/C12H18N2/c1-14(2)9-10-3-5-11(6-4-10)12-7-8-13-12/h3-6,12-13H,7-9H2,1-2H3/t12-/m0/s1. The number of hydrogen-bond donors (Lipinski definition) is 1. The Labute approximate surface area is 85.9 Å². The summed E-state index contributed by atoms with van der Waals surface area (Å²) < 4.78 is 0. The van der Waals surface area contributed by atoms with Crippen molar-refractivity contribution in [1.82, 2.24) is 10.2 Å². The average Bonchev–Trinajstić information content (AvgIpc) is 2.04. The molecule has 1 aromatic rings. The zero-order valence-corrected chi connectivity index (χ0v) is 8.96. The highest BCUT2D eigenvalue weighted by atomic mass is 15.0. The SMILES string of the molecule is CN(C)Cc1ccc([C@@H]2CCN2)cc1. The lowest BCUT2D eigenvalue weighted by Gasteiger charge is -2.28. The van der Waals surface area contributed by atoms with Crippen molar-refractivity contribution < 1.29 is 0 Å². The second-order valence-corrected chi connectivity index (χ2v) is 4.27. The maximum atomic E-state index is 3.41. The molecule has 0 bridgehead atoms. The van der Waals surface area contributed by atoms with Gasteiger partial charge in [-0.3, -0.25) is 0 Å². The minimum absolute atomic E-state index is 0.614. The van der Waals surface area contributed by atoms with Crippen molar-refractivity contribution >= 4 is 0 Å². The van der Waals surface area contributed by atoms with E-state index in [-0.39, 0.29) is 0 Å². The Balaban J connectivity index is 2.02. The Morgan fingerprint density at radius 2 is 1.93 bits per heavy atom. The zero-order valence-electron chi connectivity index (χ0n) is 8.96. The second-order valence-electron chi connectivity index (χ2n) is 4.27. The number of nitrogens with zero attached hydrogens (tertiary/aromatic N) is 1. The van der Waals surface area contributed by atoms with Gasteiger partial charge in [0.05, 0.1) is 0 Å². The molecule has 1 aromatic carbocycles. The van der Waals surface area contributed by atoms with Crippen LogP contribution in [0.3, 0.4) is 0 Å². The number of benzene rings is 1. The molecule has 0 aliphatic carbocycles. The molecule has 1 aliphatic rings. The smallest absolute Gasteiger partial charge is 0.0332 e. The highest BCUT2D eigenvalue weighted by Crippen LogP contribution is 2.22. The van der Waals surface area contributed by atoms with Gasteiger partial charge in [0.25, 0.3) is 0 Å². The van der Waals surface area contributed by atoms with Gasteiger partial charge >= 0.3 is 0 Å². The first kappa shape index (κ1) is 9.69. The van der Waals surface area contributed by atoms with Crippen molar-refractivity contribution in [2.75, 3.05) is 20.6 Å². The van der Waals surface area contributed by atoms with E-state index in [1.807, 2.05) is 0 Å². The summed E-state index contributed by atoms with van der Waals surface area (Å²) in [6.45, 7) is 2.20. The summed E-state index contributed by atoms with van der Waals surface area (Å²) in [4.78, 5) is 2.19. The summed E-state index contributed by atoms with van der Waals surface area (Å²) in [5.41, 5.74) is 2.82. The van der Waals surface area contributed by atoms with Gasteiger partial charge in [-0.05, 0) is 38.2 Å². The molecule has 0 radical (unpaired) electrons. The quantitative estimate of drug-likeness (QED) is 0.781. The summed E-state index contributed by atoms with van der Waals surface area (Å²) in [6, 6.07) is 9.57. The van der Waals surface area contributed by atoms with Gasteiger partial charge in [-0.2, -0.15) is 0 Å². The monoisotopic (exact) mass is 190 g/mol. The molecule has 76 valence electrons. The third kappa shape index (κ3) is 2.14. The second kappa shape index (κ2) is 4.11. The normalized spacial score (nSPS) is 20.9. The molecular formula is C12H18N2. The van der Waals surface area contributed by atoms with Crippen molar-refractivity contribution in [3.63, 3.8) is 0 Å².